The Bertz CT molecular complexity index is 3490. The van der Waals surface area contributed by atoms with E-state index in [0.29, 0.717) is 0 Å². The molecule has 0 bridgehead atoms. The molecule has 3 heterocycles. The Balaban J connectivity index is 1.26. The van der Waals surface area contributed by atoms with Crippen molar-refractivity contribution in [3.05, 3.63) is 217 Å². The molecule has 1 aliphatic carbocycles. The fourth-order valence-electron chi connectivity index (χ4n) is 12.0. The second-order valence-electron chi connectivity index (χ2n) is 24.1. The zero-order valence-electron chi connectivity index (χ0n) is 44.2. The standard InChI is InChI=1S/C68H66BN3O/c1-65(2,3)48-32-35-52(36-33-48)71-58-43-53(70(50-27-19-13-20-28-50)51-29-21-14-22-30-51)44-59-61(58)69(64-62(71)60-63(73-64)68(9,10)40-39-67(60,7)8)55-41-47(45-23-15-11-16-24-45)31-37-57(55)72(59)56-38-34-49(66(4,5)6)42-54(56)46-25-17-12-18-26-46/h11-38,41-44H,39-40H2,1-10H3. The molecular formula is C68H66BN3O. The minimum atomic E-state index is -0.220. The zero-order chi connectivity index (χ0) is 50.6. The van der Waals surface area contributed by atoms with Crippen LogP contribution in [0.1, 0.15) is 105 Å². The van der Waals surface area contributed by atoms with Crippen LogP contribution >= 0.6 is 0 Å². The Kier molecular flexibility index (Phi) is 10.9. The van der Waals surface area contributed by atoms with Crippen molar-refractivity contribution in [2.45, 2.75) is 104 Å². The number of para-hydroxylation sites is 2. The molecule has 0 fully saturated rings. The second kappa shape index (κ2) is 17.1. The highest BCUT2D eigenvalue weighted by molar-refractivity contribution is 6.99. The van der Waals surface area contributed by atoms with Crippen LogP contribution in [0.2, 0.25) is 0 Å². The second-order valence-corrected chi connectivity index (χ2v) is 24.1. The normalized spacial score (nSPS) is 15.3. The third kappa shape index (κ3) is 7.82. The minimum Gasteiger partial charge on any atom is -0.472 e. The summed E-state index contributed by atoms with van der Waals surface area (Å²) in [4.78, 5) is 7.63. The van der Waals surface area contributed by atoms with Gasteiger partial charge >= 0.3 is 0 Å². The summed E-state index contributed by atoms with van der Waals surface area (Å²) in [6.07, 6.45) is 2.11. The summed E-state index contributed by atoms with van der Waals surface area (Å²) in [5, 5.41) is 0. The summed E-state index contributed by atoms with van der Waals surface area (Å²) in [6, 6.07) is 72.3. The van der Waals surface area contributed by atoms with Crippen LogP contribution < -0.4 is 31.3 Å². The fraction of sp³-hybridized carbons (Fsp3) is 0.235. The van der Waals surface area contributed by atoms with E-state index in [-0.39, 0.29) is 28.4 Å². The lowest BCUT2D eigenvalue weighted by Gasteiger charge is -2.45. The smallest absolute Gasteiger partial charge is 0.297 e. The lowest BCUT2D eigenvalue weighted by Crippen LogP contribution is -2.61. The molecule has 0 saturated carbocycles. The van der Waals surface area contributed by atoms with Gasteiger partial charge in [-0.15, -0.1) is 0 Å². The first-order chi connectivity index (χ1) is 35.0. The molecule has 0 saturated heterocycles. The molecule has 73 heavy (non-hydrogen) atoms. The van der Waals surface area contributed by atoms with Crippen LogP contribution in [0, 0.1) is 0 Å². The number of rotatable bonds is 7. The van der Waals surface area contributed by atoms with Crippen LogP contribution in [0.4, 0.5) is 51.2 Å². The number of hydrogen-bond donors (Lipinski definition) is 0. The molecule has 9 aromatic rings. The van der Waals surface area contributed by atoms with Crippen LogP contribution in [-0.2, 0) is 21.7 Å². The van der Waals surface area contributed by atoms with Crippen molar-refractivity contribution in [3.63, 3.8) is 0 Å². The van der Waals surface area contributed by atoms with Crippen molar-refractivity contribution in [3.8, 4) is 22.3 Å². The highest BCUT2D eigenvalue weighted by Crippen LogP contribution is 2.56. The summed E-state index contributed by atoms with van der Waals surface area (Å²) in [5.41, 5.74) is 21.9. The molecule has 5 heteroatoms. The highest BCUT2D eigenvalue weighted by atomic mass is 16.3. The van der Waals surface area contributed by atoms with Gasteiger partial charge in [0.1, 0.15) is 5.76 Å². The SMILES string of the molecule is CC(C)(C)c1ccc(N2c3cc(N(c4ccccc4)c4ccccc4)cc4c3B(c3cc(-c5ccccc5)ccc3N4c3ccc(C(C)(C)C)cc3-c3ccccc3)c3oc4c(c32)C(C)(C)CCC4(C)C)cc1. The highest BCUT2D eigenvalue weighted by Gasteiger charge is 2.52. The fourth-order valence-corrected chi connectivity index (χ4v) is 12.0. The summed E-state index contributed by atoms with van der Waals surface area (Å²) in [7, 11) is 0. The monoisotopic (exact) mass is 952 g/mol. The number of hydrogen-bond acceptors (Lipinski definition) is 4. The van der Waals surface area contributed by atoms with Crippen molar-refractivity contribution in [2.75, 3.05) is 14.7 Å². The van der Waals surface area contributed by atoms with Gasteiger partial charge < -0.3 is 19.1 Å². The average Bonchev–Trinajstić information content (AvgIpc) is 3.81. The molecule has 0 amide bonds. The van der Waals surface area contributed by atoms with Crippen molar-refractivity contribution >= 4 is 74.5 Å². The summed E-state index contributed by atoms with van der Waals surface area (Å²) >= 11 is 0. The van der Waals surface area contributed by atoms with E-state index in [9.17, 15) is 0 Å². The molecule has 3 aliphatic rings. The van der Waals surface area contributed by atoms with E-state index < -0.39 is 0 Å². The summed E-state index contributed by atoms with van der Waals surface area (Å²) < 4.78 is 7.79. The predicted molar refractivity (Wildman–Crippen MR) is 311 cm³/mol. The molecule has 1 aromatic heterocycles. The first-order valence-electron chi connectivity index (χ1n) is 26.3. The van der Waals surface area contributed by atoms with Crippen LogP contribution in [-0.4, -0.2) is 6.71 Å². The van der Waals surface area contributed by atoms with Gasteiger partial charge in [0, 0.05) is 50.7 Å². The van der Waals surface area contributed by atoms with E-state index >= 15 is 0 Å². The van der Waals surface area contributed by atoms with Gasteiger partial charge in [-0.25, -0.2) is 0 Å². The summed E-state index contributed by atoms with van der Waals surface area (Å²) in [6.45, 7) is 23.3. The van der Waals surface area contributed by atoms with Crippen molar-refractivity contribution in [1.29, 1.82) is 0 Å². The van der Waals surface area contributed by atoms with E-state index in [4.69, 9.17) is 4.42 Å². The Morgan fingerprint density at radius 2 is 0.986 bits per heavy atom. The number of nitrogens with zero attached hydrogens (tertiary/aromatic N) is 3. The number of furan rings is 1. The van der Waals surface area contributed by atoms with Crippen molar-refractivity contribution in [2.24, 2.45) is 0 Å². The molecule has 8 aromatic carbocycles. The first kappa shape index (κ1) is 46.6. The number of fused-ring (bicyclic) bond motifs is 6. The van der Waals surface area contributed by atoms with E-state index in [2.05, 4.69) is 278 Å². The summed E-state index contributed by atoms with van der Waals surface area (Å²) in [5.74, 6) is 1.11. The Labute approximate surface area is 434 Å². The Hall–Kier alpha value is -7.50. The molecule has 2 aliphatic heterocycles. The van der Waals surface area contributed by atoms with Crippen LogP contribution in [0.15, 0.2) is 199 Å². The van der Waals surface area contributed by atoms with Gasteiger partial charge in [-0.05, 0) is 135 Å². The van der Waals surface area contributed by atoms with Gasteiger partial charge in [-0.2, -0.15) is 0 Å². The van der Waals surface area contributed by atoms with Gasteiger partial charge in [0.2, 0.25) is 0 Å². The third-order valence-electron chi connectivity index (χ3n) is 16.1. The molecule has 0 atom stereocenters. The number of anilines is 9. The Morgan fingerprint density at radius 3 is 1.58 bits per heavy atom. The van der Waals surface area contributed by atoms with Crippen LogP contribution in [0.25, 0.3) is 22.3 Å². The predicted octanol–water partition coefficient (Wildman–Crippen LogP) is 17.1. The third-order valence-corrected chi connectivity index (χ3v) is 16.1. The molecule has 362 valence electrons. The maximum atomic E-state index is 7.79. The van der Waals surface area contributed by atoms with Gasteiger partial charge in [-0.3, -0.25) is 0 Å². The van der Waals surface area contributed by atoms with Gasteiger partial charge in [0.15, 0.2) is 0 Å². The van der Waals surface area contributed by atoms with Crippen LogP contribution in [0.5, 0.6) is 0 Å². The molecule has 0 unspecified atom stereocenters. The molecule has 12 rings (SSSR count). The van der Waals surface area contributed by atoms with E-state index in [1.807, 2.05) is 0 Å². The van der Waals surface area contributed by atoms with Crippen molar-refractivity contribution < 1.29 is 4.42 Å². The largest absolute Gasteiger partial charge is 0.472 e. The Morgan fingerprint density at radius 1 is 0.466 bits per heavy atom. The van der Waals surface area contributed by atoms with Gasteiger partial charge in [-0.1, -0.05) is 197 Å². The minimum absolute atomic E-state index is 0.0118. The van der Waals surface area contributed by atoms with E-state index in [1.54, 1.807) is 0 Å². The average molecular weight is 952 g/mol. The quantitative estimate of drug-likeness (QED) is 0.149. The van der Waals surface area contributed by atoms with E-state index in [0.717, 1.165) is 69.8 Å². The maximum absolute atomic E-state index is 7.79. The molecule has 0 N–H and O–H groups in total. The lowest BCUT2D eigenvalue weighted by molar-refractivity contribution is 0.282. The van der Waals surface area contributed by atoms with Crippen LogP contribution in [0.3, 0.4) is 0 Å². The molecule has 0 spiro atoms. The van der Waals surface area contributed by atoms with E-state index in [1.165, 1.54) is 55.6 Å². The topological polar surface area (TPSA) is 22.9 Å². The number of benzene rings is 8. The first-order valence-corrected chi connectivity index (χ1v) is 26.3. The maximum Gasteiger partial charge on any atom is 0.297 e. The molecular weight excluding hydrogens is 886 g/mol. The molecule has 4 nitrogen and oxygen atoms in total. The molecule has 0 radical (unpaired) electrons. The van der Waals surface area contributed by atoms with Gasteiger partial charge in [0.05, 0.1) is 22.7 Å². The van der Waals surface area contributed by atoms with Gasteiger partial charge in [0.25, 0.3) is 6.71 Å². The van der Waals surface area contributed by atoms with Crippen molar-refractivity contribution in [1.82, 2.24) is 0 Å². The lowest BCUT2D eigenvalue weighted by atomic mass is 9.35. The zero-order valence-corrected chi connectivity index (χ0v) is 44.2.